The average molecular weight is 438 g/mol. The van der Waals surface area contributed by atoms with E-state index in [4.69, 9.17) is 10.4 Å². The van der Waals surface area contributed by atoms with Gasteiger partial charge in [-0.15, -0.1) is 0 Å². The van der Waals surface area contributed by atoms with Gasteiger partial charge in [-0.05, 0) is 56.9 Å². The first-order valence-electron chi connectivity index (χ1n) is 11.4. The predicted molar refractivity (Wildman–Crippen MR) is 126 cm³/mol. The zero-order valence-electron chi connectivity index (χ0n) is 19.3. The zero-order valence-corrected chi connectivity index (χ0v) is 19.3. The summed E-state index contributed by atoms with van der Waals surface area (Å²) in [6.07, 6.45) is 6.03. The third-order valence-corrected chi connectivity index (χ3v) is 6.31. The fraction of sp³-hybridized carbons (Fsp3) is 0.346. The fourth-order valence-corrected chi connectivity index (χ4v) is 4.34. The van der Waals surface area contributed by atoms with Gasteiger partial charge in [0.05, 0.1) is 34.4 Å². The van der Waals surface area contributed by atoms with Gasteiger partial charge in [-0.3, -0.25) is 4.68 Å². The third kappa shape index (κ3) is 4.42. The van der Waals surface area contributed by atoms with Gasteiger partial charge >= 0.3 is 0 Å². The third-order valence-electron chi connectivity index (χ3n) is 6.31. The minimum absolute atomic E-state index is 0.625. The number of aromatic nitrogens is 6. The molecule has 3 aromatic heterocycles. The molecule has 3 heterocycles. The molecule has 0 bridgehead atoms. The number of hydrogen-bond donors (Lipinski definition) is 0. The van der Waals surface area contributed by atoms with Crippen LogP contribution in [0.15, 0.2) is 42.7 Å². The highest BCUT2D eigenvalue weighted by atomic mass is 15.3. The van der Waals surface area contributed by atoms with Gasteiger partial charge in [0.15, 0.2) is 5.82 Å². The molecule has 1 aromatic carbocycles. The quantitative estimate of drug-likeness (QED) is 0.418. The highest BCUT2D eigenvalue weighted by molar-refractivity contribution is 5.65. The van der Waals surface area contributed by atoms with E-state index < -0.39 is 0 Å². The van der Waals surface area contributed by atoms with Crippen molar-refractivity contribution >= 4 is 0 Å². The highest BCUT2D eigenvalue weighted by Gasteiger charge is 2.23. The Morgan fingerprint density at radius 3 is 2.48 bits per heavy atom. The first-order chi connectivity index (χ1) is 16.0. The normalized spacial score (nSPS) is 13.3. The Hall–Kier alpha value is -3.79. The monoisotopic (exact) mass is 437 g/mol. The lowest BCUT2D eigenvalue weighted by Crippen LogP contribution is -2.06. The topological polar surface area (TPSA) is 85.2 Å². The number of nitrogens with zero attached hydrogens (tertiary/aromatic N) is 7. The molecule has 7 nitrogen and oxygen atoms in total. The summed E-state index contributed by atoms with van der Waals surface area (Å²) < 4.78 is 4.00. The molecular formula is C26H27N7. The molecule has 5 rings (SSSR count). The van der Waals surface area contributed by atoms with E-state index in [0.717, 1.165) is 64.3 Å². The van der Waals surface area contributed by atoms with Crippen LogP contribution in [-0.4, -0.2) is 29.5 Å². The first-order valence-corrected chi connectivity index (χ1v) is 11.4. The lowest BCUT2D eigenvalue weighted by molar-refractivity contribution is 0.547. The van der Waals surface area contributed by atoms with Crippen molar-refractivity contribution in [2.24, 2.45) is 5.92 Å². The molecule has 166 valence electrons. The van der Waals surface area contributed by atoms with Crippen molar-refractivity contribution in [3.63, 3.8) is 0 Å². The van der Waals surface area contributed by atoms with Crippen LogP contribution in [0.25, 0.3) is 17.1 Å². The van der Waals surface area contributed by atoms with E-state index in [1.54, 1.807) is 6.33 Å². The number of aryl methyl sites for hydroxylation is 3. The van der Waals surface area contributed by atoms with E-state index in [9.17, 15) is 0 Å². The molecule has 7 heteroatoms. The van der Waals surface area contributed by atoms with Crippen molar-refractivity contribution in [2.45, 2.75) is 53.0 Å². The van der Waals surface area contributed by atoms with Crippen molar-refractivity contribution < 1.29 is 0 Å². The molecule has 0 atom stereocenters. The van der Waals surface area contributed by atoms with Gasteiger partial charge in [0.25, 0.3) is 0 Å². The maximum Gasteiger partial charge on any atom is 0.157 e. The minimum atomic E-state index is 0.625. The molecule has 4 aromatic rings. The van der Waals surface area contributed by atoms with Crippen LogP contribution in [0.1, 0.15) is 53.2 Å². The Balaban J connectivity index is 1.48. The molecule has 0 unspecified atom stereocenters. The Kier molecular flexibility index (Phi) is 5.51. The summed E-state index contributed by atoms with van der Waals surface area (Å²) in [7, 11) is 0. The van der Waals surface area contributed by atoms with Gasteiger partial charge in [0, 0.05) is 30.3 Å². The molecule has 0 spiro atoms. The van der Waals surface area contributed by atoms with Crippen LogP contribution in [0.5, 0.6) is 0 Å². The second kappa shape index (κ2) is 8.62. The standard InChI is InChI=1S/C26H27N7/c1-17-12-18(2)33(30-17)25-14-23(28-16-29-25)13-24-19(3)26(22-8-6-21(15-27)7-9-22)32(31-24)11-10-20-4-5-20/h6-9,12,14,16,20H,4-5,10-11,13H2,1-3H3. The van der Waals surface area contributed by atoms with Crippen molar-refractivity contribution in [2.75, 3.05) is 0 Å². The Morgan fingerprint density at radius 1 is 1.03 bits per heavy atom. The van der Waals surface area contributed by atoms with Gasteiger partial charge in [-0.1, -0.05) is 25.0 Å². The van der Waals surface area contributed by atoms with E-state index in [-0.39, 0.29) is 0 Å². The Labute approximate surface area is 193 Å². The summed E-state index contributed by atoms with van der Waals surface area (Å²) in [5.41, 5.74) is 7.97. The molecule has 1 fully saturated rings. The maximum absolute atomic E-state index is 9.17. The van der Waals surface area contributed by atoms with Crippen LogP contribution in [0, 0.1) is 38.0 Å². The van der Waals surface area contributed by atoms with E-state index in [1.165, 1.54) is 12.8 Å². The van der Waals surface area contributed by atoms with Crippen LogP contribution in [-0.2, 0) is 13.0 Å². The smallest absolute Gasteiger partial charge is 0.157 e. The van der Waals surface area contributed by atoms with Crippen molar-refractivity contribution in [3.8, 4) is 23.1 Å². The molecule has 1 aliphatic carbocycles. The molecule has 0 amide bonds. The number of rotatable bonds is 7. The van der Waals surface area contributed by atoms with Gasteiger partial charge < -0.3 is 0 Å². The molecule has 0 N–H and O–H groups in total. The lowest BCUT2D eigenvalue weighted by atomic mass is 10.0. The van der Waals surface area contributed by atoms with Crippen molar-refractivity contribution in [1.82, 2.24) is 29.5 Å². The Bertz CT molecular complexity index is 1330. The van der Waals surface area contributed by atoms with Gasteiger partial charge in [-0.2, -0.15) is 15.5 Å². The van der Waals surface area contributed by atoms with Crippen LogP contribution in [0.3, 0.4) is 0 Å². The van der Waals surface area contributed by atoms with Crippen LogP contribution < -0.4 is 0 Å². The number of benzene rings is 1. The summed E-state index contributed by atoms with van der Waals surface area (Å²) in [4.78, 5) is 8.95. The first kappa shape index (κ1) is 21.1. The molecule has 0 radical (unpaired) electrons. The lowest BCUT2D eigenvalue weighted by Gasteiger charge is -2.08. The molecule has 0 aliphatic heterocycles. The summed E-state index contributed by atoms with van der Waals surface area (Å²) in [5, 5.41) is 18.7. The Morgan fingerprint density at radius 2 is 1.82 bits per heavy atom. The summed E-state index contributed by atoms with van der Waals surface area (Å²) in [6, 6.07) is 14.0. The highest BCUT2D eigenvalue weighted by Crippen LogP contribution is 2.34. The summed E-state index contributed by atoms with van der Waals surface area (Å²) >= 11 is 0. The summed E-state index contributed by atoms with van der Waals surface area (Å²) in [6.45, 7) is 7.04. The van der Waals surface area contributed by atoms with Crippen LogP contribution in [0.4, 0.5) is 0 Å². The van der Waals surface area contributed by atoms with E-state index in [0.29, 0.717) is 12.0 Å². The second-order valence-electron chi connectivity index (χ2n) is 8.95. The number of hydrogen-bond acceptors (Lipinski definition) is 5. The molecule has 33 heavy (non-hydrogen) atoms. The fourth-order valence-electron chi connectivity index (χ4n) is 4.34. The largest absolute Gasteiger partial charge is 0.264 e. The molecular weight excluding hydrogens is 410 g/mol. The number of nitriles is 1. The van der Waals surface area contributed by atoms with Crippen LogP contribution in [0.2, 0.25) is 0 Å². The SMILES string of the molecule is Cc1cc(C)n(-c2cc(Cc3nn(CCC4CC4)c(-c4ccc(C#N)cc4)c3C)ncn2)n1. The molecule has 1 aliphatic rings. The zero-order chi connectivity index (χ0) is 22.9. The predicted octanol–water partition coefficient (Wildman–Crippen LogP) is 4.71. The van der Waals surface area contributed by atoms with E-state index in [1.807, 2.05) is 54.9 Å². The maximum atomic E-state index is 9.17. The van der Waals surface area contributed by atoms with Crippen LogP contribution >= 0.6 is 0 Å². The van der Waals surface area contributed by atoms with E-state index in [2.05, 4.69) is 32.7 Å². The minimum Gasteiger partial charge on any atom is -0.264 e. The van der Waals surface area contributed by atoms with Crippen molar-refractivity contribution in [1.29, 1.82) is 5.26 Å². The van der Waals surface area contributed by atoms with Gasteiger partial charge in [0.1, 0.15) is 6.33 Å². The molecule has 1 saturated carbocycles. The summed E-state index contributed by atoms with van der Waals surface area (Å²) in [5.74, 6) is 1.60. The van der Waals surface area contributed by atoms with Gasteiger partial charge in [0.2, 0.25) is 0 Å². The van der Waals surface area contributed by atoms with Crippen molar-refractivity contribution in [3.05, 3.63) is 76.6 Å². The average Bonchev–Trinajstić information content (AvgIpc) is 3.52. The second-order valence-corrected chi connectivity index (χ2v) is 8.95. The molecule has 0 saturated heterocycles. The van der Waals surface area contributed by atoms with E-state index >= 15 is 0 Å². The van der Waals surface area contributed by atoms with Gasteiger partial charge in [-0.25, -0.2) is 14.6 Å².